The Bertz CT molecular complexity index is 625. The first kappa shape index (κ1) is 17.9. The lowest BCUT2D eigenvalue weighted by Gasteiger charge is -2.37. The third-order valence-corrected chi connectivity index (χ3v) is 5.62. The number of carbonyl (C=O) groups excluding carboxylic acids is 1. The molecule has 0 bridgehead atoms. The van der Waals surface area contributed by atoms with Gasteiger partial charge in [0.15, 0.2) is 0 Å². The lowest BCUT2D eigenvalue weighted by atomic mass is 10.1. The third kappa shape index (κ3) is 4.31. The molecule has 0 aliphatic carbocycles. The molecule has 0 spiro atoms. The zero-order chi connectivity index (χ0) is 17.0. The van der Waals surface area contributed by atoms with Gasteiger partial charge in [-0.1, -0.05) is 37.3 Å². The van der Waals surface area contributed by atoms with Crippen molar-refractivity contribution >= 4 is 15.9 Å². The number of benzene rings is 1. The number of amides is 1. The molecule has 23 heavy (non-hydrogen) atoms. The van der Waals surface area contributed by atoms with Crippen LogP contribution in [-0.4, -0.2) is 74.5 Å². The molecule has 1 saturated heterocycles. The van der Waals surface area contributed by atoms with Crippen LogP contribution >= 0.6 is 0 Å². The SMILES string of the molecule is CCN1CCN(C(=O)[C@H](c2ccccc2)N(C)S(C)(=O)=O)CC1. The van der Waals surface area contributed by atoms with E-state index < -0.39 is 16.1 Å². The van der Waals surface area contributed by atoms with Gasteiger partial charge in [0.25, 0.3) is 0 Å². The van der Waals surface area contributed by atoms with Crippen LogP contribution in [0.2, 0.25) is 0 Å². The standard InChI is InChI=1S/C16H25N3O3S/c1-4-18-10-12-19(13-11-18)16(20)15(17(2)23(3,21)22)14-8-6-5-7-9-14/h5-9,15H,4,10-13H2,1-3H3/t15-/m0/s1. The molecule has 1 aliphatic rings. The average Bonchev–Trinajstić information content (AvgIpc) is 2.55. The summed E-state index contributed by atoms with van der Waals surface area (Å²) in [6.07, 6.45) is 1.13. The van der Waals surface area contributed by atoms with Crippen LogP contribution in [0, 0.1) is 0 Å². The number of piperazine rings is 1. The van der Waals surface area contributed by atoms with Crippen molar-refractivity contribution in [3.63, 3.8) is 0 Å². The first-order chi connectivity index (χ1) is 10.8. The van der Waals surface area contributed by atoms with Crippen molar-refractivity contribution < 1.29 is 13.2 Å². The summed E-state index contributed by atoms with van der Waals surface area (Å²) in [4.78, 5) is 17.0. The molecule has 1 fully saturated rings. The van der Waals surface area contributed by atoms with Crippen LogP contribution in [0.5, 0.6) is 0 Å². The molecular weight excluding hydrogens is 314 g/mol. The number of carbonyl (C=O) groups is 1. The van der Waals surface area contributed by atoms with Gasteiger partial charge in [-0.15, -0.1) is 0 Å². The quantitative estimate of drug-likeness (QED) is 0.795. The summed E-state index contributed by atoms with van der Waals surface area (Å²) in [6, 6.07) is 8.28. The van der Waals surface area contributed by atoms with E-state index in [9.17, 15) is 13.2 Å². The molecule has 1 atom stereocenters. The molecule has 0 unspecified atom stereocenters. The molecule has 0 N–H and O–H groups in total. The number of likely N-dealkylation sites (N-methyl/N-ethyl adjacent to an activating group) is 2. The minimum Gasteiger partial charge on any atom is -0.338 e. The molecule has 1 aromatic rings. The van der Waals surface area contributed by atoms with Gasteiger partial charge in [0, 0.05) is 33.2 Å². The van der Waals surface area contributed by atoms with Gasteiger partial charge in [-0.25, -0.2) is 8.42 Å². The summed E-state index contributed by atoms with van der Waals surface area (Å²) in [5, 5.41) is 0. The molecular formula is C16H25N3O3S. The molecule has 1 aliphatic heterocycles. The Labute approximate surface area is 138 Å². The Hall–Kier alpha value is -1.44. The van der Waals surface area contributed by atoms with E-state index in [1.54, 1.807) is 17.0 Å². The Kier molecular flexibility index (Phi) is 5.78. The Morgan fingerprint density at radius 2 is 1.74 bits per heavy atom. The second-order valence-corrected chi connectivity index (χ2v) is 7.89. The van der Waals surface area contributed by atoms with Gasteiger partial charge in [-0.3, -0.25) is 4.79 Å². The summed E-state index contributed by atoms with van der Waals surface area (Å²) >= 11 is 0. The van der Waals surface area contributed by atoms with Crippen LogP contribution < -0.4 is 0 Å². The number of nitrogens with zero attached hydrogens (tertiary/aromatic N) is 3. The van der Waals surface area contributed by atoms with Gasteiger partial charge < -0.3 is 9.80 Å². The molecule has 0 aromatic heterocycles. The van der Waals surface area contributed by atoms with Crippen LogP contribution in [0.1, 0.15) is 18.5 Å². The predicted molar refractivity (Wildman–Crippen MR) is 90.5 cm³/mol. The Morgan fingerprint density at radius 3 is 2.22 bits per heavy atom. The van der Waals surface area contributed by atoms with Crippen molar-refractivity contribution in [2.75, 3.05) is 46.0 Å². The zero-order valence-corrected chi connectivity index (χ0v) is 14.8. The van der Waals surface area contributed by atoms with E-state index >= 15 is 0 Å². The van der Waals surface area contributed by atoms with E-state index in [0.29, 0.717) is 18.7 Å². The highest BCUT2D eigenvalue weighted by atomic mass is 32.2. The number of hydrogen-bond acceptors (Lipinski definition) is 4. The molecule has 1 heterocycles. The fourth-order valence-corrected chi connectivity index (χ4v) is 3.39. The van der Waals surface area contributed by atoms with Gasteiger partial charge in [-0.05, 0) is 12.1 Å². The van der Waals surface area contributed by atoms with E-state index in [0.717, 1.165) is 30.2 Å². The van der Waals surface area contributed by atoms with Gasteiger partial charge in [0.1, 0.15) is 6.04 Å². The first-order valence-electron chi connectivity index (χ1n) is 7.83. The van der Waals surface area contributed by atoms with Crippen molar-refractivity contribution in [2.45, 2.75) is 13.0 Å². The summed E-state index contributed by atoms with van der Waals surface area (Å²) in [6.45, 7) is 5.98. The minimum absolute atomic E-state index is 0.153. The van der Waals surface area contributed by atoms with Crippen molar-refractivity contribution in [1.82, 2.24) is 14.1 Å². The van der Waals surface area contributed by atoms with E-state index in [2.05, 4.69) is 11.8 Å². The van der Waals surface area contributed by atoms with Gasteiger partial charge in [0.05, 0.1) is 6.26 Å². The van der Waals surface area contributed by atoms with Gasteiger partial charge in [-0.2, -0.15) is 4.31 Å². The zero-order valence-electron chi connectivity index (χ0n) is 14.0. The largest absolute Gasteiger partial charge is 0.338 e. The maximum atomic E-state index is 13.0. The van der Waals surface area contributed by atoms with Gasteiger partial charge in [0.2, 0.25) is 15.9 Å². The number of hydrogen-bond donors (Lipinski definition) is 0. The lowest BCUT2D eigenvalue weighted by molar-refractivity contribution is -0.137. The van der Waals surface area contributed by atoms with E-state index in [4.69, 9.17) is 0 Å². The monoisotopic (exact) mass is 339 g/mol. The first-order valence-corrected chi connectivity index (χ1v) is 9.68. The second kappa shape index (κ2) is 7.42. The van der Waals surface area contributed by atoms with Crippen molar-refractivity contribution in [3.05, 3.63) is 35.9 Å². The summed E-state index contributed by atoms with van der Waals surface area (Å²) < 4.78 is 25.1. The van der Waals surface area contributed by atoms with Gasteiger partial charge >= 0.3 is 0 Å². The summed E-state index contributed by atoms with van der Waals surface area (Å²) in [5.74, 6) is -0.153. The molecule has 0 radical (unpaired) electrons. The van der Waals surface area contributed by atoms with Crippen molar-refractivity contribution in [2.24, 2.45) is 0 Å². The summed E-state index contributed by atoms with van der Waals surface area (Å²) in [5.41, 5.74) is 0.698. The van der Waals surface area contributed by atoms with Crippen LogP contribution in [0.3, 0.4) is 0 Å². The predicted octanol–water partition coefficient (Wildman–Crippen LogP) is 0.783. The van der Waals surface area contributed by atoms with Crippen LogP contribution in [-0.2, 0) is 14.8 Å². The molecule has 128 valence electrons. The normalized spacial score (nSPS) is 18.2. The highest BCUT2D eigenvalue weighted by Crippen LogP contribution is 2.24. The Balaban J connectivity index is 2.26. The van der Waals surface area contributed by atoms with Crippen LogP contribution in [0.4, 0.5) is 0 Å². The van der Waals surface area contributed by atoms with Crippen LogP contribution in [0.15, 0.2) is 30.3 Å². The minimum atomic E-state index is -3.47. The summed E-state index contributed by atoms with van der Waals surface area (Å²) in [7, 11) is -2.01. The maximum Gasteiger partial charge on any atom is 0.245 e. The van der Waals surface area contributed by atoms with E-state index in [1.807, 2.05) is 18.2 Å². The maximum absolute atomic E-state index is 13.0. The molecule has 1 amide bonds. The van der Waals surface area contributed by atoms with Crippen LogP contribution in [0.25, 0.3) is 0 Å². The van der Waals surface area contributed by atoms with Crippen molar-refractivity contribution in [3.8, 4) is 0 Å². The molecule has 2 rings (SSSR count). The number of sulfonamides is 1. The van der Waals surface area contributed by atoms with E-state index in [-0.39, 0.29) is 5.91 Å². The molecule has 7 heteroatoms. The highest BCUT2D eigenvalue weighted by molar-refractivity contribution is 7.88. The molecule has 6 nitrogen and oxygen atoms in total. The third-order valence-electron chi connectivity index (χ3n) is 4.37. The second-order valence-electron chi connectivity index (χ2n) is 5.85. The topological polar surface area (TPSA) is 60.9 Å². The highest BCUT2D eigenvalue weighted by Gasteiger charge is 2.34. The smallest absolute Gasteiger partial charge is 0.245 e. The lowest BCUT2D eigenvalue weighted by Crippen LogP contribution is -2.52. The van der Waals surface area contributed by atoms with E-state index in [1.165, 1.54) is 7.05 Å². The fraction of sp³-hybridized carbons (Fsp3) is 0.562. The fourth-order valence-electron chi connectivity index (χ4n) is 2.79. The number of rotatable bonds is 5. The molecule has 1 aromatic carbocycles. The molecule has 0 saturated carbocycles. The Morgan fingerprint density at radius 1 is 1.17 bits per heavy atom. The average molecular weight is 339 g/mol. The van der Waals surface area contributed by atoms with Crippen molar-refractivity contribution in [1.29, 1.82) is 0 Å².